The lowest BCUT2D eigenvalue weighted by Crippen LogP contribution is -2.47. The average molecular weight is 338 g/mol. The van der Waals surface area contributed by atoms with Crippen LogP contribution in [0.4, 0.5) is 4.79 Å². The van der Waals surface area contributed by atoms with Gasteiger partial charge in [-0.1, -0.05) is 28.5 Å². The Morgan fingerprint density at radius 3 is 2.44 bits per heavy atom. The van der Waals surface area contributed by atoms with Gasteiger partial charge in [0.25, 0.3) is 5.91 Å². The molecule has 2 amide bonds. The van der Waals surface area contributed by atoms with E-state index in [0.717, 1.165) is 0 Å². The number of alkyl halides is 1. The minimum Gasteiger partial charge on any atom is -0.444 e. The molecule has 0 aromatic carbocycles. The van der Waals surface area contributed by atoms with Gasteiger partial charge in [0, 0.05) is 0 Å². The van der Waals surface area contributed by atoms with E-state index in [4.69, 9.17) is 11.2 Å². The third-order valence-electron chi connectivity index (χ3n) is 1.33. The fourth-order valence-electron chi connectivity index (χ4n) is 0.776. The van der Waals surface area contributed by atoms with E-state index in [0.29, 0.717) is 4.55 Å². The van der Waals surface area contributed by atoms with E-state index < -0.39 is 23.6 Å². The van der Waals surface area contributed by atoms with Crippen LogP contribution in [0.15, 0.2) is 0 Å². The lowest BCUT2D eigenvalue weighted by Gasteiger charge is -2.21. The first-order valence-corrected chi connectivity index (χ1v) is 6.12. The first kappa shape index (κ1) is 15.0. The number of hydrogen-bond acceptors (Lipinski definition) is 3. The standard InChI is InChI=1S/C10H15IN2O3/c1-5-7(8(14)12-6-11)13-9(15)16-10(2,3)4/h1,7H,6H2,2-4H3,(H,12,14)(H,13,15)/t7-/m1/s1. The molecule has 0 radical (unpaired) electrons. The topological polar surface area (TPSA) is 67.4 Å². The number of nitrogens with one attached hydrogen (secondary N) is 2. The highest BCUT2D eigenvalue weighted by molar-refractivity contribution is 14.1. The second kappa shape index (κ2) is 6.58. The Kier molecular flexibility index (Phi) is 6.18. The molecule has 0 aliphatic carbocycles. The number of terminal acetylenes is 1. The van der Waals surface area contributed by atoms with E-state index in [1.165, 1.54) is 0 Å². The Morgan fingerprint density at radius 1 is 1.50 bits per heavy atom. The third-order valence-corrected chi connectivity index (χ3v) is 1.71. The lowest BCUT2D eigenvalue weighted by atomic mass is 10.2. The number of halogens is 1. The van der Waals surface area contributed by atoms with Crippen molar-refractivity contribution in [2.75, 3.05) is 4.55 Å². The second-order valence-electron chi connectivity index (χ2n) is 3.92. The molecule has 0 saturated heterocycles. The first-order chi connectivity index (χ1) is 7.30. The predicted octanol–water partition coefficient (Wildman–Crippen LogP) is 1.02. The largest absolute Gasteiger partial charge is 0.444 e. The van der Waals surface area contributed by atoms with Crippen molar-refractivity contribution in [3.63, 3.8) is 0 Å². The van der Waals surface area contributed by atoms with Crippen LogP contribution < -0.4 is 10.6 Å². The first-order valence-electron chi connectivity index (χ1n) is 4.59. The minimum atomic E-state index is -1.01. The highest BCUT2D eigenvalue weighted by Gasteiger charge is 2.22. The van der Waals surface area contributed by atoms with Gasteiger partial charge in [0.2, 0.25) is 0 Å². The molecule has 16 heavy (non-hydrogen) atoms. The highest BCUT2D eigenvalue weighted by atomic mass is 127. The number of alkyl carbamates (subject to hydrolysis) is 1. The van der Waals surface area contributed by atoms with Crippen LogP contribution in [0.5, 0.6) is 0 Å². The van der Waals surface area contributed by atoms with E-state index in [9.17, 15) is 9.59 Å². The van der Waals surface area contributed by atoms with E-state index in [-0.39, 0.29) is 0 Å². The summed E-state index contributed by atoms with van der Waals surface area (Å²) in [5.74, 6) is 1.75. The molecular formula is C10H15IN2O3. The summed E-state index contributed by atoms with van der Waals surface area (Å²) >= 11 is 1.96. The Labute approximate surface area is 109 Å². The van der Waals surface area contributed by atoms with Crippen molar-refractivity contribution in [2.24, 2.45) is 0 Å². The molecule has 0 aliphatic rings. The van der Waals surface area contributed by atoms with Crippen LogP contribution in [0.25, 0.3) is 0 Å². The minimum absolute atomic E-state index is 0.421. The number of carbonyl (C=O) groups excluding carboxylic acids is 2. The molecule has 1 atom stereocenters. The van der Waals surface area contributed by atoms with Crippen LogP contribution in [0.2, 0.25) is 0 Å². The van der Waals surface area contributed by atoms with Gasteiger partial charge < -0.3 is 10.1 Å². The van der Waals surface area contributed by atoms with Crippen molar-refractivity contribution in [3.8, 4) is 12.3 Å². The molecule has 0 fully saturated rings. The highest BCUT2D eigenvalue weighted by Crippen LogP contribution is 2.06. The Hall–Kier alpha value is -0.970. The molecule has 6 heteroatoms. The number of rotatable bonds is 3. The van der Waals surface area contributed by atoms with Gasteiger partial charge in [-0.15, -0.1) is 6.42 Å². The maximum Gasteiger partial charge on any atom is 0.409 e. The summed E-state index contributed by atoms with van der Waals surface area (Å²) in [6, 6.07) is -1.01. The van der Waals surface area contributed by atoms with Gasteiger partial charge in [-0.3, -0.25) is 10.1 Å². The zero-order valence-electron chi connectivity index (χ0n) is 9.46. The molecule has 0 unspecified atom stereocenters. The third kappa shape index (κ3) is 6.50. The van der Waals surface area contributed by atoms with Crippen LogP contribution in [-0.2, 0) is 9.53 Å². The molecule has 0 rings (SSSR count). The van der Waals surface area contributed by atoms with E-state index >= 15 is 0 Å². The van der Waals surface area contributed by atoms with Gasteiger partial charge in [0.1, 0.15) is 5.60 Å². The summed E-state index contributed by atoms with van der Waals surface area (Å²) in [7, 11) is 0. The van der Waals surface area contributed by atoms with Gasteiger partial charge >= 0.3 is 6.09 Å². The van der Waals surface area contributed by atoms with Crippen molar-refractivity contribution < 1.29 is 14.3 Å². The van der Waals surface area contributed by atoms with Crippen molar-refractivity contribution in [3.05, 3.63) is 0 Å². The average Bonchev–Trinajstić information content (AvgIpc) is 2.11. The second-order valence-corrected chi connectivity index (χ2v) is 4.68. The van der Waals surface area contributed by atoms with Crippen LogP contribution in [-0.4, -0.2) is 28.2 Å². The van der Waals surface area contributed by atoms with E-state index in [1.54, 1.807) is 20.8 Å². The smallest absolute Gasteiger partial charge is 0.409 e. The molecule has 90 valence electrons. The Bertz CT molecular complexity index is 304. The van der Waals surface area contributed by atoms with Crippen molar-refractivity contribution in [2.45, 2.75) is 32.4 Å². The Balaban J connectivity index is 4.30. The zero-order chi connectivity index (χ0) is 12.8. The molecule has 0 bridgehead atoms. The van der Waals surface area contributed by atoms with Gasteiger partial charge in [-0.05, 0) is 20.8 Å². The quantitative estimate of drug-likeness (QED) is 0.350. The SMILES string of the molecule is C#C[C@@H](NC(=O)OC(C)(C)C)C(=O)NCI. The molecule has 0 heterocycles. The molecule has 0 spiro atoms. The molecular weight excluding hydrogens is 323 g/mol. The van der Waals surface area contributed by atoms with E-state index in [2.05, 4.69) is 16.6 Å². The number of amides is 2. The summed E-state index contributed by atoms with van der Waals surface area (Å²) in [6.45, 7) is 5.17. The zero-order valence-corrected chi connectivity index (χ0v) is 11.6. The summed E-state index contributed by atoms with van der Waals surface area (Å²) < 4.78 is 5.39. The molecule has 2 N–H and O–H groups in total. The van der Waals surface area contributed by atoms with Crippen molar-refractivity contribution >= 4 is 34.6 Å². The monoisotopic (exact) mass is 338 g/mol. The van der Waals surface area contributed by atoms with Crippen molar-refractivity contribution in [1.82, 2.24) is 10.6 Å². The van der Waals surface area contributed by atoms with Crippen LogP contribution in [0.3, 0.4) is 0 Å². The summed E-state index contributed by atoms with van der Waals surface area (Å²) in [4.78, 5) is 22.7. The fourth-order valence-corrected chi connectivity index (χ4v) is 1.15. The molecule has 0 aromatic heterocycles. The molecule has 0 aliphatic heterocycles. The summed E-state index contributed by atoms with van der Waals surface area (Å²) in [5, 5.41) is 4.79. The number of carbonyl (C=O) groups is 2. The van der Waals surface area contributed by atoms with Crippen LogP contribution >= 0.6 is 22.6 Å². The number of ether oxygens (including phenoxy) is 1. The lowest BCUT2D eigenvalue weighted by molar-refractivity contribution is -0.121. The fraction of sp³-hybridized carbons (Fsp3) is 0.600. The predicted molar refractivity (Wildman–Crippen MR) is 69.0 cm³/mol. The number of hydrogen-bond donors (Lipinski definition) is 2. The van der Waals surface area contributed by atoms with Gasteiger partial charge in [0.05, 0.1) is 4.55 Å². The molecule has 0 saturated carbocycles. The summed E-state index contributed by atoms with van der Waals surface area (Å²) in [5.41, 5.74) is -0.622. The van der Waals surface area contributed by atoms with Gasteiger partial charge in [0.15, 0.2) is 6.04 Å². The maximum absolute atomic E-state index is 11.3. The molecule has 5 nitrogen and oxygen atoms in total. The van der Waals surface area contributed by atoms with Crippen molar-refractivity contribution in [1.29, 1.82) is 0 Å². The van der Waals surface area contributed by atoms with Gasteiger partial charge in [-0.25, -0.2) is 4.79 Å². The van der Waals surface area contributed by atoms with Gasteiger partial charge in [-0.2, -0.15) is 0 Å². The molecule has 0 aromatic rings. The van der Waals surface area contributed by atoms with Crippen LogP contribution in [0.1, 0.15) is 20.8 Å². The normalized spacial score (nSPS) is 12.2. The maximum atomic E-state index is 11.3. The van der Waals surface area contributed by atoms with Crippen LogP contribution in [0, 0.1) is 12.3 Å². The van der Waals surface area contributed by atoms with E-state index in [1.807, 2.05) is 22.6 Å². The Morgan fingerprint density at radius 2 is 2.06 bits per heavy atom. The summed E-state index contributed by atoms with van der Waals surface area (Å²) in [6.07, 6.45) is 4.42.